The fraction of sp³-hybridized carbons (Fsp3) is 0.133. The van der Waals surface area contributed by atoms with Crippen LogP contribution in [0.5, 0.6) is 5.75 Å². The number of benzene rings is 2. The van der Waals surface area contributed by atoms with Gasteiger partial charge in [0.1, 0.15) is 17.4 Å². The Hall–Kier alpha value is -1.46. The fourth-order valence-electron chi connectivity index (χ4n) is 1.72. The van der Waals surface area contributed by atoms with Crippen molar-refractivity contribution in [2.75, 3.05) is 0 Å². The molecular weight excluding hydrogens is 366 g/mol. The molecule has 0 aliphatic rings. The Morgan fingerprint density at radius 3 is 2.57 bits per heavy atom. The van der Waals surface area contributed by atoms with Gasteiger partial charge in [0.05, 0.1) is 10.0 Å². The van der Waals surface area contributed by atoms with Gasteiger partial charge in [0.2, 0.25) is 5.78 Å². The normalized spacial score (nSPS) is 12.0. The van der Waals surface area contributed by atoms with Crippen LogP contribution in [0.3, 0.4) is 0 Å². The number of halogens is 4. The SMILES string of the molecule is CC(Oc1ccc(Cl)cc1Br)C(=O)c1ccc(F)cc1F. The molecule has 0 aliphatic carbocycles. The molecule has 1 atom stereocenters. The van der Waals surface area contributed by atoms with E-state index in [4.69, 9.17) is 16.3 Å². The van der Waals surface area contributed by atoms with Crippen LogP contribution in [0.25, 0.3) is 0 Å². The summed E-state index contributed by atoms with van der Waals surface area (Å²) in [4.78, 5) is 12.1. The molecule has 0 saturated carbocycles. The summed E-state index contributed by atoms with van der Waals surface area (Å²) < 4.78 is 32.5. The number of ketones is 1. The zero-order chi connectivity index (χ0) is 15.6. The Bertz CT molecular complexity index is 691. The topological polar surface area (TPSA) is 26.3 Å². The smallest absolute Gasteiger partial charge is 0.205 e. The molecule has 0 N–H and O–H groups in total. The highest BCUT2D eigenvalue weighted by Crippen LogP contribution is 2.29. The Morgan fingerprint density at radius 1 is 1.24 bits per heavy atom. The molecule has 0 aromatic heterocycles. The number of rotatable bonds is 4. The Kier molecular flexibility index (Phi) is 4.96. The average Bonchev–Trinajstić information content (AvgIpc) is 2.41. The molecule has 1 unspecified atom stereocenters. The van der Waals surface area contributed by atoms with Crippen LogP contribution in [-0.4, -0.2) is 11.9 Å². The molecule has 2 aromatic carbocycles. The number of carbonyl (C=O) groups is 1. The Morgan fingerprint density at radius 2 is 1.95 bits per heavy atom. The fourth-order valence-corrected chi connectivity index (χ4v) is 2.50. The van der Waals surface area contributed by atoms with E-state index in [1.54, 1.807) is 18.2 Å². The highest BCUT2D eigenvalue weighted by atomic mass is 79.9. The molecule has 0 bridgehead atoms. The van der Waals surface area contributed by atoms with E-state index in [0.717, 1.165) is 12.1 Å². The lowest BCUT2D eigenvalue weighted by Gasteiger charge is -2.15. The molecule has 21 heavy (non-hydrogen) atoms. The maximum absolute atomic E-state index is 13.6. The van der Waals surface area contributed by atoms with Crippen molar-refractivity contribution in [2.45, 2.75) is 13.0 Å². The van der Waals surface area contributed by atoms with Gasteiger partial charge in [-0.3, -0.25) is 4.79 Å². The Labute approximate surface area is 133 Å². The third-order valence-corrected chi connectivity index (χ3v) is 3.62. The quantitative estimate of drug-likeness (QED) is 0.701. The Balaban J connectivity index is 2.19. The predicted octanol–water partition coefficient (Wildman–Crippen LogP) is 5.03. The number of Topliss-reactive ketones (excluding diaryl/α,β-unsaturated/α-hetero) is 1. The average molecular weight is 376 g/mol. The van der Waals surface area contributed by atoms with Gasteiger partial charge in [0.15, 0.2) is 6.10 Å². The zero-order valence-corrected chi connectivity index (χ0v) is 13.2. The van der Waals surface area contributed by atoms with Crippen LogP contribution < -0.4 is 4.74 Å². The molecule has 0 aliphatic heterocycles. The first-order valence-electron chi connectivity index (χ1n) is 5.99. The van der Waals surface area contributed by atoms with Crippen LogP contribution in [0, 0.1) is 11.6 Å². The standard InChI is InChI=1S/C15H10BrClF2O2/c1-8(21-14-5-2-9(17)6-12(14)16)15(20)11-4-3-10(18)7-13(11)19/h2-8H,1H3. The number of hydrogen-bond acceptors (Lipinski definition) is 2. The molecule has 2 aromatic rings. The van der Waals surface area contributed by atoms with E-state index in [9.17, 15) is 13.6 Å². The summed E-state index contributed by atoms with van der Waals surface area (Å²) >= 11 is 9.07. The second-order valence-corrected chi connectivity index (χ2v) is 5.61. The number of ether oxygens (including phenoxy) is 1. The summed E-state index contributed by atoms with van der Waals surface area (Å²) in [6.45, 7) is 1.49. The first-order valence-corrected chi connectivity index (χ1v) is 7.16. The summed E-state index contributed by atoms with van der Waals surface area (Å²) in [5, 5.41) is 0.512. The van der Waals surface area contributed by atoms with Crippen LogP contribution in [0.1, 0.15) is 17.3 Å². The maximum atomic E-state index is 13.6. The maximum Gasteiger partial charge on any atom is 0.205 e. The molecule has 0 saturated heterocycles. The lowest BCUT2D eigenvalue weighted by molar-refractivity contribution is 0.0812. The van der Waals surface area contributed by atoms with E-state index in [-0.39, 0.29) is 5.56 Å². The second-order valence-electron chi connectivity index (χ2n) is 4.32. The number of carbonyl (C=O) groups excluding carboxylic acids is 1. The van der Waals surface area contributed by atoms with E-state index in [1.165, 1.54) is 6.92 Å². The molecule has 0 heterocycles. The van der Waals surface area contributed by atoms with Gasteiger partial charge in [-0.15, -0.1) is 0 Å². The van der Waals surface area contributed by atoms with Crippen LogP contribution in [0.2, 0.25) is 5.02 Å². The van der Waals surface area contributed by atoms with Crippen molar-refractivity contribution in [3.63, 3.8) is 0 Å². The molecule has 2 rings (SSSR count). The van der Waals surface area contributed by atoms with Crippen LogP contribution in [0.15, 0.2) is 40.9 Å². The van der Waals surface area contributed by atoms with Crippen molar-refractivity contribution in [3.05, 3.63) is 63.1 Å². The first-order chi connectivity index (χ1) is 9.88. The largest absolute Gasteiger partial charge is 0.481 e. The summed E-state index contributed by atoms with van der Waals surface area (Å²) in [5.41, 5.74) is -0.214. The highest BCUT2D eigenvalue weighted by molar-refractivity contribution is 9.10. The van der Waals surface area contributed by atoms with Gasteiger partial charge < -0.3 is 4.74 Å². The van der Waals surface area contributed by atoms with E-state index in [1.807, 2.05) is 0 Å². The van der Waals surface area contributed by atoms with Crippen LogP contribution >= 0.6 is 27.5 Å². The summed E-state index contributed by atoms with van der Waals surface area (Å²) in [7, 11) is 0. The number of hydrogen-bond donors (Lipinski definition) is 0. The monoisotopic (exact) mass is 374 g/mol. The van der Waals surface area contributed by atoms with Gasteiger partial charge in [-0.25, -0.2) is 8.78 Å². The van der Waals surface area contributed by atoms with E-state index in [2.05, 4.69) is 15.9 Å². The summed E-state index contributed by atoms with van der Waals surface area (Å²) in [6, 6.07) is 7.62. The van der Waals surface area contributed by atoms with Gasteiger partial charge in [-0.05, 0) is 53.2 Å². The van der Waals surface area contributed by atoms with Gasteiger partial charge in [0.25, 0.3) is 0 Å². The molecule has 110 valence electrons. The molecule has 0 spiro atoms. The minimum absolute atomic E-state index is 0.214. The lowest BCUT2D eigenvalue weighted by Crippen LogP contribution is -2.25. The molecular formula is C15H10BrClF2O2. The molecule has 0 radical (unpaired) electrons. The van der Waals surface area contributed by atoms with Gasteiger partial charge in [-0.2, -0.15) is 0 Å². The molecule has 6 heteroatoms. The van der Waals surface area contributed by atoms with E-state index >= 15 is 0 Å². The molecule has 0 fully saturated rings. The molecule has 2 nitrogen and oxygen atoms in total. The van der Waals surface area contributed by atoms with Crippen molar-refractivity contribution in [1.29, 1.82) is 0 Å². The van der Waals surface area contributed by atoms with Crippen LogP contribution in [0.4, 0.5) is 8.78 Å². The first kappa shape index (κ1) is 15.9. The van der Waals surface area contributed by atoms with E-state index in [0.29, 0.717) is 21.3 Å². The summed E-state index contributed by atoms with van der Waals surface area (Å²) in [5.74, 6) is -1.82. The molecule has 0 amide bonds. The zero-order valence-electron chi connectivity index (χ0n) is 10.9. The van der Waals surface area contributed by atoms with Crippen molar-refractivity contribution in [1.82, 2.24) is 0 Å². The second kappa shape index (κ2) is 6.54. The van der Waals surface area contributed by atoms with E-state index < -0.39 is 23.5 Å². The van der Waals surface area contributed by atoms with Gasteiger partial charge in [0, 0.05) is 11.1 Å². The van der Waals surface area contributed by atoms with Crippen LogP contribution in [-0.2, 0) is 0 Å². The minimum Gasteiger partial charge on any atom is -0.481 e. The third-order valence-electron chi connectivity index (χ3n) is 2.76. The van der Waals surface area contributed by atoms with Crippen molar-refractivity contribution >= 4 is 33.3 Å². The lowest BCUT2D eigenvalue weighted by atomic mass is 10.1. The summed E-state index contributed by atoms with van der Waals surface area (Å²) in [6.07, 6.45) is -0.928. The van der Waals surface area contributed by atoms with Crippen molar-refractivity contribution < 1.29 is 18.3 Å². The van der Waals surface area contributed by atoms with Crippen molar-refractivity contribution in [2.24, 2.45) is 0 Å². The third kappa shape index (κ3) is 3.80. The minimum atomic E-state index is -0.928. The predicted molar refractivity (Wildman–Crippen MR) is 79.9 cm³/mol. The van der Waals surface area contributed by atoms with Gasteiger partial charge >= 0.3 is 0 Å². The van der Waals surface area contributed by atoms with Crippen molar-refractivity contribution in [3.8, 4) is 5.75 Å². The highest BCUT2D eigenvalue weighted by Gasteiger charge is 2.21. The van der Waals surface area contributed by atoms with Gasteiger partial charge in [-0.1, -0.05) is 11.6 Å².